The Hall–Kier alpha value is -2.80. The van der Waals surface area contributed by atoms with Gasteiger partial charge < -0.3 is 15.5 Å². The average molecular weight is 480 g/mol. The van der Waals surface area contributed by atoms with Gasteiger partial charge in [-0.25, -0.2) is 0 Å². The molecule has 6 nitrogen and oxygen atoms in total. The van der Waals surface area contributed by atoms with E-state index in [1.807, 2.05) is 82.3 Å². The van der Waals surface area contributed by atoms with E-state index in [2.05, 4.69) is 10.6 Å². The van der Waals surface area contributed by atoms with E-state index >= 15 is 0 Å². The van der Waals surface area contributed by atoms with Crippen molar-refractivity contribution in [3.8, 4) is 0 Å². The second-order valence-corrected chi connectivity index (χ2v) is 11.4. The van der Waals surface area contributed by atoms with Crippen LogP contribution in [0.2, 0.25) is 0 Å². The highest BCUT2D eigenvalue weighted by molar-refractivity contribution is 8.01. The molecule has 2 aromatic carbocycles. The van der Waals surface area contributed by atoms with E-state index in [1.165, 1.54) is 0 Å². The molecule has 4 atom stereocenters. The van der Waals surface area contributed by atoms with Gasteiger partial charge in [0.05, 0.1) is 0 Å². The number of rotatable bonds is 8. The van der Waals surface area contributed by atoms with Crippen LogP contribution in [-0.4, -0.2) is 46.0 Å². The summed E-state index contributed by atoms with van der Waals surface area (Å²) in [5.41, 5.74) is 2.76. The standard InChI is InChI=1S/C27H33N3O3S/c1-5-17(2)21(23(31)28-16-15-18-11-7-6-8-12-18)29-24(32)22-27(3,4)34-26-20-14-10-9-13-19(20)25(33)30(22)26/h6-14,17,21-22,26H,5,15-16H2,1-4H3,(H,28,31)(H,29,32). The monoisotopic (exact) mass is 479 g/mol. The molecule has 7 heteroatoms. The van der Waals surface area contributed by atoms with Gasteiger partial charge in [-0.3, -0.25) is 14.4 Å². The van der Waals surface area contributed by atoms with E-state index in [-0.39, 0.29) is 29.0 Å². The number of nitrogens with zero attached hydrogens (tertiary/aromatic N) is 1. The molecule has 180 valence electrons. The Labute approximate surface area is 205 Å². The van der Waals surface area contributed by atoms with Crippen molar-refractivity contribution in [2.75, 3.05) is 6.54 Å². The Morgan fingerprint density at radius 1 is 1.09 bits per heavy atom. The van der Waals surface area contributed by atoms with Gasteiger partial charge >= 0.3 is 0 Å². The minimum Gasteiger partial charge on any atom is -0.354 e. The number of benzene rings is 2. The molecule has 0 aromatic heterocycles. The summed E-state index contributed by atoms with van der Waals surface area (Å²) in [7, 11) is 0. The molecule has 0 bridgehead atoms. The fraction of sp³-hybridized carbons (Fsp3) is 0.444. The lowest BCUT2D eigenvalue weighted by Crippen LogP contribution is -2.58. The molecule has 0 saturated carbocycles. The van der Waals surface area contributed by atoms with Crippen molar-refractivity contribution in [3.05, 3.63) is 71.3 Å². The van der Waals surface area contributed by atoms with Gasteiger partial charge in [0.2, 0.25) is 11.8 Å². The van der Waals surface area contributed by atoms with Gasteiger partial charge in [0.1, 0.15) is 17.5 Å². The molecule has 0 aliphatic carbocycles. The maximum absolute atomic E-state index is 13.6. The van der Waals surface area contributed by atoms with E-state index in [0.29, 0.717) is 12.1 Å². The molecule has 2 heterocycles. The normalized spacial score (nSPS) is 22.0. The third kappa shape index (κ3) is 4.58. The Balaban J connectivity index is 1.48. The zero-order chi connectivity index (χ0) is 24.5. The highest BCUT2D eigenvalue weighted by Crippen LogP contribution is 2.56. The van der Waals surface area contributed by atoms with Crippen LogP contribution in [0.5, 0.6) is 0 Å². The lowest BCUT2D eigenvalue weighted by atomic mass is 9.95. The number of hydrogen-bond donors (Lipinski definition) is 2. The van der Waals surface area contributed by atoms with Crippen molar-refractivity contribution < 1.29 is 14.4 Å². The summed E-state index contributed by atoms with van der Waals surface area (Å²) in [6.07, 6.45) is 1.47. The van der Waals surface area contributed by atoms with Crippen LogP contribution in [0.4, 0.5) is 0 Å². The van der Waals surface area contributed by atoms with Gasteiger partial charge in [0.15, 0.2) is 0 Å². The summed E-state index contributed by atoms with van der Waals surface area (Å²) in [5.74, 6) is -0.620. The summed E-state index contributed by atoms with van der Waals surface area (Å²) in [6.45, 7) is 8.46. The molecular formula is C27H33N3O3S. The van der Waals surface area contributed by atoms with Gasteiger partial charge in [-0.1, -0.05) is 68.8 Å². The molecule has 34 heavy (non-hydrogen) atoms. The van der Waals surface area contributed by atoms with Crippen LogP contribution in [-0.2, 0) is 16.0 Å². The predicted molar refractivity (Wildman–Crippen MR) is 135 cm³/mol. The third-order valence-electron chi connectivity index (χ3n) is 6.89. The number of fused-ring (bicyclic) bond motifs is 3. The van der Waals surface area contributed by atoms with Crippen LogP contribution in [0.15, 0.2) is 54.6 Å². The van der Waals surface area contributed by atoms with Crippen molar-refractivity contribution in [2.45, 2.75) is 62.7 Å². The van der Waals surface area contributed by atoms with Crippen molar-refractivity contribution in [3.63, 3.8) is 0 Å². The van der Waals surface area contributed by atoms with Gasteiger partial charge in [-0.15, -0.1) is 11.8 Å². The quantitative estimate of drug-likeness (QED) is 0.602. The minimum absolute atomic E-state index is 0.0416. The maximum Gasteiger partial charge on any atom is 0.256 e. The van der Waals surface area contributed by atoms with Gasteiger partial charge in [-0.05, 0) is 43.4 Å². The number of amides is 3. The molecule has 0 spiro atoms. The lowest BCUT2D eigenvalue weighted by molar-refractivity contribution is -0.132. The Kier molecular flexibility index (Phi) is 7.03. The summed E-state index contributed by atoms with van der Waals surface area (Å²) < 4.78 is -0.484. The molecule has 1 fully saturated rings. The summed E-state index contributed by atoms with van der Waals surface area (Å²) in [5, 5.41) is 5.82. The topological polar surface area (TPSA) is 78.5 Å². The number of carbonyl (C=O) groups excluding carboxylic acids is 3. The van der Waals surface area contributed by atoms with Gasteiger partial charge in [0, 0.05) is 16.9 Å². The first kappa shape index (κ1) is 24.3. The molecule has 1 saturated heterocycles. The van der Waals surface area contributed by atoms with E-state index in [0.717, 1.165) is 24.0 Å². The van der Waals surface area contributed by atoms with Crippen molar-refractivity contribution in [1.29, 1.82) is 0 Å². The first-order chi connectivity index (χ1) is 16.2. The number of thioether (sulfide) groups is 1. The van der Waals surface area contributed by atoms with Crippen molar-refractivity contribution in [1.82, 2.24) is 15.5 Å². The van der Waals surface area contributed by atoms with E-state index < -0.39 is 16.8 Å². The molecule has 4 rings (SSSR count). The van der Waals surface area contributed by atoms with Crippen LogP contribution in [0, 0.1) is 5.92 Å². The van der Waals surface area contributed by atoms with Gasteiger partial charge in [0.25, 0.3) is 5.91 Å². The Morgan fingerprint density at radius 2 is 1.76 bits per heavy atom. The maximum atomic E-state index is 13.6. The third-order valence-corrected chi connectivity index (χ3v) is 8.43. The molecule has 4 unspecified atom stereocenters. The predicted octanol–water partition coefficient (Wildman–Crippen LogP) is 3.92. The highest BCUT2D eigenvalue weighted by Gasteiger charge is 2.57. The van der Waals surface area contributed by atoms with Crippen LogP contribution >= 0.6 is 11.8 Å². The summed E-state index contributed by atoms with van der Waals surface area (Å²) in [6, 6.07) is 16.2. The zero-order valence-corrected chi connectivity index (χ0v) is 21.0. The number of carbonyl (C=O) groups is 3. The smallest absolute Gasteiger partial charge is 0.256 e. The summed E-state index contributed by atoms with van der Waals surface area (Å²) in [4.78, 5) is 41.7. The molecule has 3 amide bonds. The zero-order valence-electron chi connectivity index (χ0n) is 20.2. The van der Waals surface area contributed by atoms with E-state index in [4.69, 9.17) is 0 Å². The number of nitrogens with one attached hydrogen (secondary N) is 2. The van der Waals surface area contributed by atoms with Crippen molar-refractivity contribution >= 4 is 29.5 Å². The minimum atomic E-state index is -0.661. The number of hydrogen-bond acceptors (Lipinski definition) is 4. The first-order valence-corrected chi connectivity index (χ1v) is 12.8. The highest BCUT2D eigenvalue weighted by atomic mass is 32.2. The molecule has 0 radical (unpaired) electrons. The Bertz CT molecular complexity index is 1070. The van der Waals surface area contributed by atoms with E-state index in [9.17, 15) is 14.4 Å². The average Bonchev–Trinajstić information content (AvgIpc) is 3.26. The molecule has 2 aliphatic rings. The largest absolute Gasteiger partial charge is 0.354 e. The molecule has 2 N–H and O–H groups in total. The molecular weight excluding hydrogens is 446 g/mol. The van der Waals surface area contributed by atoms with Crippen LogP contribution in [0.25, 0.3) is 0 Å². The van der Waals surface area contributed by atoms with Crippen molar-refractivity contribution in [2.24, 2.45) is 5.92 Å². The molecule has 2 aromatic rings. The second kappa shape index (κ2) is 9.82. The van der Waals surface area contributed by atoms with Crippen LogP contribution in [0.3, 0.4) is 0 Å². The fourth-order valence-corrected chi connectivity index (χ4v) is 6.41. The summed E-state index contributed by atoms with van der Waals surface area (Å²) >= 11 is 1.63. The van der Waals surface area contributed by atoms with Gasteiger partial charge in [-0.2, -0.15) is 0 Å². The van der Waals surface area contributed by atoms with Crippen LogP contribution in [0.1, 0.15) is 61.0 Å². The second-order valence-electron chi connectivity index (χ2n) is 9.67. The fourth-order valence-electron chi connectivity index (χ4n) is 4.82. The lowest BCUT2D eigenvalue weighted by Gasteiger charge is -2.32. The SMILES string of the molecule is CCC(C)C(NC(=O)C1N2C(=O)c3ccccc3C2SC1(C)C)C(=O)NCCc1ccccc1. The van der Waals surface area contributed by atoms with E-state index in [1.54, 1.807) is 16.7 Å². The molecule has 2 aliphatic heterocycles. The van der Waals surface area contributed by atoms with Crippen LogP contribution < -0.4 is 10.6 Å². The first-order valence-electron chi connectivity index (χ1n) is 12.0. The Morgan fingerprint density at radius 3 is 2.47 bits per heavy atom.